The van der Waals surface area contributed by atoms with E-state index in [1.165, 1.54) is 23.5 Å². The number of carbonyl (C=O) groups excluding carboxylic acids is 3. The molecular weight excluding hydrogens is 362 g/mol. The predicted molar refractivity (Wildman–Crippen MR) is 100 cm³/mol. The van der Waals surface area contributed by atoms with Crippen LogP contribution in [-0.4, -0.2) is 40.4 Å². The third-order valence-electron chi connectivity index (χ3n) is 4.22. The van der Waals surface area contributed by atoms with Gasteiger partial charge in [-0.25, -0.2) is 9.97 Å². The smallest absolute Gasteiger partial charge is 0.315 e. The lowest BCUT2D eigenvalue weighted by Gasteiger charge is -2.12. The Morgan fingerprint density at radius 3 is 2.32 bits per heavy atom. The summed E-state index contributed by atoms with van der Waals surface area (Å²) in [7, 11) is 0. The van der Waals surface area contributed by atoms with Gasteiger partial charge in [0.15, 0.2) is 0 Å². The van der Waals surface area contributed by atoms with E-state index in [2.05, 4.69) is 43.0 Å². The Kier molecular flexibility index (Phi) is 6.15. The molecule has 0 bridgehead atoms. The molecule has 0 aliphatic heterocycles. The van der Waals surface area contributed by atoms with Gasteiger partial charge in [-0.3, -0.25) is 25.2 Å². The zero-order valence-corrected chi connectivity index (χ0v) is 15.4. The van der Waals surface area contributed by atoms with Crippen LogP contribution in [-0.2, 0) is 27.2 Å². The Bertz CT molecular complexity index is 844. The monoisotopic (exact) mass is 383 g/mol. The van der Waals surface area contributed by atoms with E-state index < -0.39 is 24.2 Å². The molecule has 1 aromatic heterocycles. The van der Waals surface area contributed by atoms with Crippen LogP contribution in [0.1, 0.15) is 34.8 Å². The molecule has 2 aromatic rings. The summed E-state index contributed by atoms with van der Waals surface area (Å²) in [5.74, 6) is -1.49. The van der Waals surface area contributed by atoms with Crippen LogP contribution in [0.15, 0.2) is 36.7 Å². The zero-order valence-electron chi connectivity index (χ0n) is 15.4. The topological polar surface area (TPSA) is 122 Å². The number of esters is 1. The predicted octanol–water partition coefficient (Wildman–Crippen LogP) is 0.770. The highest BCUT2D eigenvalue weighted by atomic mass is 16.5. The first-order valence-corrected chi connectivity index (χ1v) is 8.95. The fourth-order valence-corrected chi connectivity index (χ4v) is 2.95. The number of ether oxygens (including phenoxy) is 1. The Balaban J connectivity index is 1.47. The highest BCUT2D eigenvalue weighted by molar-refractivity contribution is 5.98. The molecule has 9 heteroatoms. The molecule has 0 spiro atoms. The van der Waals surface area contributed by atoms with Crippen LogP contribution in [0.2, 0.25) is 0 Å². The number of benzene rings is 1. The summed E-state index contributed by atoms with van der Waals surface area (Å²) in [6.45, 7) is 1.82. The first-order chi connectivity index (χ1) is 13.5. The normalized spacial score (nSPS) is 12.8. The van der Waals surface area contributed by atoms with E-state index >= 15 is 0 Å². The van der Waals surface area contributed by atoms with Crippen molar-refractivity contribution >= 4 is 23.7 Å². The number of aromatic nitrogens is 2. The second-order valence-corrected chi connectivity index (χ2v) is 6.30. The number of rotatable bonds is 6. The maximum Gasteiger partial charge on any atom is 0.315 e. The number of hydrazine groups is 1. The SMILES string of the molecule is CCOC(=O)CC(=O)NNC(=O)c1cnc(NC2Cc3ccccc3C2)nc1. The van der Waals surface area contributed by atoms with Crippen molar-refractivity contribution in [2.24, 2.45) is 0 Å². The Morgan fingerprint density at radius 1 is 1.07 bits per heavy atom. The average Bonchev–Trinajstić information content (AvgIpc) is 3.09. The van der Waals surface area contributed by atoms with Gasteiger partial charge in [-0.05, 0) is 30.9 Å². The third kappa shape index (κ3) is 5.03. The maximum atomic E-state index is 12.0. The van der Waals surface area contributed by atoms with Crippen molar-refractivity contribution in [3.05, 3.63) is 53.3 Å². The van der Waals surface area contributed by atoms with Crippen molar-refractivity contribution in [2.75, 3.05) is 11.9 Å². The zero-order chi connectivity index (χ0) is 19.9. The first-order valence-electron chi connectivity index (χ1n) is 8.95. The van der Waals surface area contributed by atoms with E-state index in [1.54, 1.807) is 6.92 Å². The number of nitrogens with zero attached hydrogens (tertiary/aromatic N) is 2. The van der Waals surface area contributed by atoms with Crippen LogP contribution in [0.4, 0.5) is 5.95 Å². The van der Waals surface area contributed by atoms with Crippen LogP contribution in [0.3, 0.4) is 0 Å². The van der Waals surface area contributed by atoms with Gasteiger partial charge in [0, 0.05) is 18.4 Å². The standard InChI is InChI=1S/C19H21N5O4/c1-2-28-17(26)9-16(25)23-24-18(27)14-10-20-19(21-11-14)22-15-7-12-5-3-4-6-13(12)8-15/h3-6,10-11,15H,2,7-9H2,1H3,(H,23,25)(H,24,27)(H,20,21,22). The quantitative estimate of drug-likeness (QED) is 0.382. The number of carbonyl (C=O) groups is 3. The van der Waals surface area contributed by atoms with Crippen LogP contribution >= 0.6 is 0 Å². The summed E-state index contributed by atoms with van der Waals surface area (Å²) in [6.07, 6.45) is 4.05. The molecule has 0 fully saturated rings. The van der Waals surface area contributed by atoms with Crippen molar-refractivity contribution < 1.29 is 19.1 Å². The van der Waals surface area contributed by atoms with Crippen molar-refractivity contribution in [2.45, 2.75) is 32.2 Å². The van der Waals surface area contributed by atoms with Crippen molar-refractivity contribution in [3.8, 4) is 0 Å². The van der Waals surface area contributed by atoms with Crippen LogP contribution < -0.4 is 16.2 Å². The molecular formula is C19H21N5O4. The van der Waals surface area contributed by atoms with E-state index in [0.29, 0.717) is 5.95 Å². The molecule has 1 aliphatic rings. The van der Waals surface area contributed by atoms with E-state index in [0.717, 1.165) is 12.8 Å². The van der Waals surface area contributed by atoms with E-state index in [4.69, 9.17) is 0 Å². The van der Waals surface area contributed by atoms with Gasteiger partial charge < -0.3 is 10.1 Å². The van der Waals surface area contributed by atoms with Crippen LogP contribution in [0.25, 0.3) is 0 Å². The molecule has 1 aliphatic carbocycles. The number of hydrogen-bond donors (Lipinski definition) is 3. The second kappa shape index (κ2) is 8.94. The first kappa shape index (κ1) is 19.3. The molecule has 0 radical (unpaired) electrons. The summed E-state index contributed by atoms with van der Waals surface area (Å²) in [4.78, 5) is 43.1. The van der Waals surface area contributed by atoms with Gasteiger partial charge in [-0.1, -0.05) is 24.3 Å². The van der Waals surface area contributed by atoms with Gasteiger partial charge in [0.2, 0.25) is 11.9 Å². The third-order valence-corrected chi connectivity index (χ3v) is 4.22. The van der Waals surface area contributed by atoms with Crippen LogP contribution in [0.5, 0.6) is 0 Å². The lowest BCUT2D eigenvalue weighted by molar-refractivity contribution is -0.146. The average molecular weight is 383 g/mol. The Hall–Kier alpha value is -3.49. The molecule has 3 N–H and O–H groups in total. The minimum atomic E-state index is -0.674. The van der Waals surface area contributed by atoms with E-state index in [1.807, 2.05) is 12.1 Å². The number of amides is 2. The number of nitrogens with one attached hydrogen (secondary N) is 3. The van der Waals surface area contributed by atoms with E-state index in [-0.39, 0.29) is 18.2 Å². The lowest BCUT2D eigenvalue weighted by Crippen LogP contribution is -2.42. The molecule has 28 heavy (non-hydrogen) atoms. The molecule has 9 nitrogen and oxygen atoms in total. The van der Waals surface area contributed by atoms with Gasteiger partial charge >= 0.3 is 5.97 Å². The largest absolute Gasteiger partial charge is 0.466 e. The molecule has 1 aromatic carbocycles. The minimum absolute atomic E-state index is 0.177. The van der Waals surface area contributed by atoms with Crippen LogP contribution in [0, 0.1) is 0 Å². The van der Waals surface area contributed by atoms with E-state index in [9.17, 15) is 14.4 Å². The summed E-state index contributed by atoms with van der Waals surface area (Å²) in [5.41, 5.74) is 7.15. The molecule has 0 saturated heterocycles. The molecule has 0 saturated carbocycles. The summed E-state index contributed by atoms with van der Waals surface area (Å²) >= 11 is 0. The lowest BCUT2D eigenvalue weighted by atomic mass is 10.1. The number of hydrogen-bond acceptors (Lipinski definition) is 7. The second-order valence-electron chi connectivity index (χ2n) is 6.30. The summed E-state index contributed by atoms with van der Waals surface area (Å²) in [6, 6.07) is 8.48. The van der Waals surface area contributed by atoms with Gasteiger partial charge in [0.1, 0.15) is 6.42 Å². The van der Waals surface area contributed by atoms with Crippen molar-refractivity contribution in [3.63, 3.8) is 0 Å². The van der Waals surface area contributed by atoms with Crippen molar-refractivity contribution in [1.82, 2.24) is 20.8 Å². The minimum Gasteiger partial charge on any atom is -0.466 e. The van der Waals surface area contributed by atoms with Gasteiger partial charge in [0.05, 0.1) is 12.2 Å². The molecule has 146 valence electrons. The number of fused-ring (bicyclic) bond motifs is 1. The fraction of sp³-hybridized carbons (Fsp3) is 0.316. The Labute approximate surface area is 161 Å². The van der Waals surface area contributed by atoms with Gasteiger partial charge in [0.25, 0.3) is 5.91 Å². The molecule has 0 unspecified atom stereocenters. The molecule has 3 rings (SSSR count). The molecule has 1 heterocycles. The highest BCUT2D eigenvalue weighted by Gasteiger charge is 2.21. The summed E-state index contributed by atoms with van der Waals surface area (Å²) in [5, 5.41) is 3.26. The fourth-order valence-electron chi connectivity index (χ4n) is 2.95. The van der Waals surface area contributed by atoms with Gasteiger partial charge in [-0.2, -0.15) is 0 Å². The molecule has 2 amide bonds. The molecule has 0 atom stereocenters. The Morgan fingerprint density at radius 2 is 1.71 bits per heavy atom. The number of anilines is 1. The maximum absolute atomic E-state index is 12.0. The summed E-state index contributed by atoms with van der Waals surface area (Å²) < 4.78 is 4.65. The van der Waals surface area contributed by atoms with Crippen molar-refractivity contribution in [1.29, 1.82) is 0 Å². The van der Waals surface area contributed by atoms with Gasteiger partial charge in [-0.15, -0.1) is 0 Å². The highest BCUT2D eigenvalue weighted by Crippen LogP contribution is 2.23.